The van der Waals surface area contributed by atoms with Crippen LogP contribution in [0.5, 0.6) is 0 Å². The molecular weight excluding hydrogens is 238 g/mol. The largest absolute Gasteiger partial charge is 0.376 e. The molecule has 1 aliphatic rings. The van der Waals surface area contributed by atoms with Crippen molar-refractivity contribution in [2.75, 3.05) is 31.8 Å². The number of amides is 1. The second-order valence-electron chi connectivity index (χ2n) is 3.73. The van der Waals surface area contributed by atoms with E-state index in [0.29, 0.717) is 32.2 Å². The molecule has 0 aliphatic carbocycles. The van der Waals surface area contributed by atoms with Crippen molar-refractivity contribution in [3.8, 4) is 0 Å². The number of hydrogen-bond acceptors (Lipinski definition) is 7. The van der Waals surface area contributed by atoms with Crippen LogP contribution in [0.15, 0.2) is 12.1 Å². The van der Waals surface area contributed by atoms with Crippen molar-refractivity contribution >= 4 is 11.7 Å². The van der Waals surface area contributed by atoms with Crippen LogP contribution in [0.25, 0.3) is 0 Å². The molecule has 4 N–H and O–H groups in total. The normalized spacial score (nSPS) is 19.3. The Morgan fingerprint density at radius 2 is 2.33 bits per heavy atom. The number of nitrogens with one attached hydrogen (secondary N) is 2. The molecule has 8 heteroatoms. The molecule has 2 rings (SSSR count). The molecule has 1 unspecified atom stereocenters. The Balaban J connectivity index is 1.82. The topological polar surface area (TPSA) is 111 Å². The zero-order chi connectivity index (χ0) is 12.8. The van der Waals surface area contributed by atoms with E-state index in [1.165, 1.54) is 6.07 Å². The van der Waals surface area contributed by atoms with Gasteiger partial charge in [-0.15, -0.1) is 10.2 Å². The molecule has 1 aromatic heterocycles. The third-order valence-electron chi connectivity index (χ3n) is 2.42. The van der Waals surface area contributed by atoms with Gasteiger partial charge in [0.1, 0.15) is 0 Å². The summed E-state index contributed by atoms with van der Waals surface area (Å²) >= 11 is 0. The number of carbonyl (C=O) groups is 1. The lowest BCUT2D eigenvalue weighted by atomic mass is 10.3. The average molecular weight is 253 g/mol. The van der Waals surface area contributed by atoms with Crippen molar-refractivity contribution in [2.45, 2.75) is 6.10 Å². The minimum Gasteiger partial charge on any atom is -0.376 e. The SMILES string of the molecule is NNc1ccc(C(=O)NCC2COCCO2)nn1. The Kier molecular flexibility index (Phi) is 4.40. The second kappa shape index (κ2) is 6.24. The number of nitrogen functional groups attached to an aromatic ring is 1. The summed E-state index contributed by atoms with van der Waals surface area (Å²) in [6.07, 6.45) is -0.111. The van der Waals surface area contributed by atoms with Crippen LogP contribution in [-0.2, 0) is 9.47 Å². The monoisotopic (exact) mass is 253 g/mol. The molecule has 8 nitrogen and oxygen atoms in total. The van der Waals surface area contributed by atoms with Crippen LogP contribution in [0.1, 0.15) is 10.5 Å². The highest BCUT2D eigenvalue weighted by Gasteiger charge is 2.16. The summed E-state index contributed by atoms with van der Waals surface area (Å²) < 4.78 is 10.6. The van der Waals surface area contributed by atoms with E-state index < -0.39 is 0 Å². The Labute approximate surface area is 104 Å². The van der Waals surface area contributed by atoms with Gasteiger partial charge in [-0.1, -0.05) is 0 Å². The summed E-state index contributed by atoms with van der Waals surface area (Å²) in [5.41, 5.74) is 2.56. The number of rotatable bonds is 4. The van der Waals surface area contributed by atoms with Crippen molar-refractivity contribution in [1.82, 2.24) is 15.5 Å². The molecule has 18 heavy (non-hydrogen) atoms. The van der Waals surface area contributed by atoms with Crippen LogP contribution >= 0.6 is 0 Å². The molecule has 0 saturated carbocycles. The lowest BCUT2D eigenvalue weighted by Crippen LogP contribution is -2.40. The number of nitrogens with two attached hydrogens (primary N) is 1. The molecule has 0 bridgehead atoms. The predicted molar refractivity (Wildman–Crippen MR) is 62.7 cm³/mol. The fourth-order valence-electron chi connectivity index (χ4n) is 1.48. The van der Waals surface area contributed by atoms with Crippen LogP contribution in [0.4, 0.5) is 5.82 Å². The highest BCUT2D eigenvalue weighted by Crippen LogP contribution is 2.01. The first-order chi connectivity index (χ1) is 8.79. The molecule has 1 aromatic rings. The van der Waals surface area contributed by atoms with Crippen LogP contribution in [0.2, 0.25) is 0 Å². The van der Waals surface area contributed by atoms with Crippen molar-refractivity contribution < 1.29 is 14.3 Å². The van der Waals surface area contributed by atoms with Gasteiger partial charge in [-0.3, -0.25) is 4.79 Å². The standard InChI is InChI=1S/C10H15N5O3/c11-13-9-2-1-8(14-15-9)10(16)12-5-7-6-17-3-4-18-7/h1-2,7H,3-6,11H2,(H,12,16)(H,13,15). The van der Waals surface area contributed by atoms with Crippen LogP contribution in [0.3, 0.4) is 0 Å². The number of hydrogen-bond donors (Lipinski definition) is 3. The average Bonchev–Trinajstić information content (AvgIpc) is 2.46. The molecule has 1 fully saturated rings. The molecule has 1 atom stereocenters. The van der Waals surface area contributed by atoms with E-state index in [4.69, 9.17) is 15.3 Å². The first-order valence-electron chi connectivity index (χ1n) is 5.57. The van der Waals surface area contributed by atoms with E-state index in [-0.39, 0.29) is 17.7 Å². The van der Waals surface area contributed by atoms with Crippen molar-refractivity contribution in [1.29, 1.82) is 0 Å². The molecule has 1 saturated heterocycles. The lowest BCUT2D eigenvalue weighted by molar-refractivity contribution is -0.0855. The molecule has 1 amide bonds. The van der Waals surface area contributed by atoms with E-state index in [0.717, 1.165) is 0 Å². The van der Waals surface area contributed by atoms with Gasteiger partial charge in [0.15, 0.2) is 11.5 Å². The quantitative estimate of drug-likeness (QED) is 0.461. The van der Waals surface area contributed by atoms with Gasteiger partial charge in [-0.05, 0) is 12.1 Å². The Hall–Kier alpha value is -1.77. The van der Waals surface area contributed by atoms with Gasteiger partial charge in [0.2, 0.25) is 0 Å². The van der Waals surface area contributed by atoms with Gasteiger partial charge >= 0.3 is 0 Å². The maximum absolute atomic E-state index is 11.7. The van der Waals surface area contributed by atoms with Crippen molar-refractivity contribution in [3.63, 3.8) is 0 Å². The number of anilines is 1. The van der Waals surface area contributed by atoms with E-state index in [2.05, 4.69) is 20.9 Å². The fraction of sp³-hybridized carbons (Fsp3) is 0.500. The van der Waals surface area contributed by atoms with Crippen LogP contribution in [0, 0.1) is 0 Å². The minimum atomic E-state index is -0.305. The molecule has 0 radical (unpaired) electrons. The van der Waals surface area contributed by atoms with Gasteiger partial charge in [-0.25, -0.2) is 5.84 Å². The van der Waals surface area contributed by atoms with Gasteiger partial charge in [0, 0.05) is 6.54 Å². The second-order valence-corrected chi connectivity index (χ2v) is 3.73. The highest BCUT2D eigenvalue weighted by atomic mass is 16.6. The first kappa shape index (κ1) is 12.7. The van der Waals surface area contributed by atoms with Gasteiger partial charge < -0.3 is 20.2 Å². The summed E-state index contributed by atoms with van der Waals surface area (Å²) in [4.78, 5) is 11.7. The van der Waals surface area contributed by atoms with Crippen LogP contribution < -0.4 is 16.6 Å². The number of aromatic nitrogens is 2. The predicted octanol–water partition coefficient (Wildman–Crippen LogP) is -1.09. The summed E-state index contributed by atoms with van der Waals surface area (Å²) in [6, 6.07) is 3.11. The minimum absolute atomic E-state index is 0.111. The van der Waals surface area contributed by atoms with E-state index in [9.17, 15) is 4.79 Å². The zero-order valence-electron chi connectivity index (χ0n) is 9.76. The van der Waals surface area contributed by atoms with E-state index >= 15 is 0 Å². The smallest absolute Gasteiger partial charge is 0.271 e. The molecule has 1 aliphatic heterocycles. The Morgan fingerprint density at radius 3 is 2.94 bits per heavy atom. The number of nitrogens with zero attached hydrogens (tertiary/aromatic N) is 2. The van der Waals surface area contributed by atoms with Crippen LogP contribution in [-0.4, -0.2) is 48.6 Å². The Bertz CT molecular complexity index is 391. The Morgan fingerprint density at radius 1 is 1.44 bits per heavy atom. The maximum Gasteiger partial charge on any atom is 0.271 e. The third kappa shape index (κ3) is 3.36. The van der Waals surface area contributed by atoms with Gasteiger partial charge in [0.25, 0.3) is 5.91 Å². The first-order valence-corrected chi connectivity index (χ1v) is 5.57. The molecular formula is C10H15N5O3. The van der Waals surface area contributed by atoms with Gasteiger partial charge in [-0.2, -0.15) is 0 Å². The maximum atomic E-state index is 11.7. The summed E-state index contributed by atoms with van der Waals surface area (Å²) in [5.74, 6) is 5.24. The fourth-order valence-corrected chi connectivity index (χ4v) is 1.48. The summed E-state index contributed by atoms with van der Waals surface area (Å²) in [5, 5.41) is 10.2. The molecule has 2 heterocycles. The zero-order valence-corrected chi connectivity index (χ0v) is 9.76. The summed E-state index contributed by atoms with van der Waals surface area (Å²) in [7, 11) is 0. The third-order valence-corrected chi connectivity index (χ3v) is 2.42. The lowest BCUT2D eigenvalue weighted by Gasteiger charge is -2.22. The van der Waals surface area contributed by atoms with Crippen molar-refractivity contribution in [2.24, 2.45) is 5.84 Å². The van der Waals surface area contributed by atoms with E-state index in [1.807, 2.05) is 0 Å². The number of ether oxygens (including phenoxy) is 2. The van der Waals surface area contributed by atoms with Crippen molar-refractivity contribution in [3.05, 3.63) is 17.8 Å². The summed E-state index contributed by atoms with van der Waals surface area (Å²) in [6.45, 7) is 2.03. The number of carbonyl (C=O) groups excluding carboxylic acids is 1. The molecule has 0 spiro atoms. The van der Waals surface area contributed by atoms with E-state index in [1.54, 1.807) is 6.07 Å². The molecule has 0 aromatic carbocycles. The molecule has 98 valence electrons. The number of hydrazine groups is 1. The van der Waals surface area contributed by atoms with Gasteiger partial charge in [0.05, 0.1) is 25.9 Å². The highest BCUT2D eigenvalue weighted by molar-refractivity contribution is 5.92.